The van der Waals surface area contributed by atoms with E-state index in [1.54, 1.807) is 0 Å². The quantitative estimate of drug-likeness (QED) is 0.605. The molecule has 0 spiro atoms. The third kappa shape index (κ3) is 3.36. The first-order valence-electron chi connectivity index (χ1n) is 5.57. The Labute approximate surface area is 121 Å². The second-order valence-corrected chi connectivity index (χ2v) is 4.60. The van der Waals surface area contributed by atoms with Crippen LogP contribution in [0.3, 0.4) is 0 Å². The largest absolute Gasteiger partial charge is 0.418 e. The third-order valence-electron chi connectivity index (χ3n) is 2.65. The molecule has 2 aromatic carbocycles. The van der Waals surface area contributed by atoms with Crippen LogP contribution in [0.15, 0.2) is 30.3 Å². The highest BCUT2D eigenvalue weighted by atomic mass is 35.5. The molecular weight excluding hydrogens is 315 g/mol. The number of anilines is 3. The lowest BCUT2D eigenvalue weighted by Gasteiger charge is -2.16. The van der Waals surface area contributed by atoms with E-state index in [0.717, 1.165) is 12.1 Å². The molecule has 0 aliphatic heterocycles. The molecule has 112 valence electrons. The zero-order valence-corrected chi connectivity index (χ0v) is 11.0. The van der Waals surface area contributed by atoms with Gasteiger partial charge in [0.2, 0.25) is 0 Å². The van der Waals surface area contributed by atoms with Gasteiger partial charge in [0.25, 0.3) is 0 Å². The molecule has 0 bridgehead atoms. The average Bonchev–Trinajstić information content (AvgIpc) is 2.36. The molecule has 0 atom stereocenters. The van der Waals surface area contributed by atoms with Gasteiger partial charge >= 0.3 is 6.18 Å². The van der Waals surface area contributed by atoms with Gasteiger partial charge < -0.3 is 11.1 Å². The van der Waals surface area contributed by atoms with Crippen LogP contribution in [0.5, 0.6) is 0 Å². The minimum atomic E-state index is -4.69. The summed E-state index contributed by atoms with van der Waals surface area (Å²) in [5, 5.41) is 2.15. The highest BCUT2D eigenvalue weighted by Crippen LogP contribution is 2.38. The molecule has 0 aliphatic rings. The summed E-state index contributed by atoms with van der Waals surface area (Å²) >= 11 is 5.54. The predicted octanol–water partition coefficient (Wildman–Crippen LogP) is 4.96. The van der Waals surface area contributed by atoms with Crippen LogP contribution in [-0.4, -0.2) is 0 Å². The molecule has 2 rings (SSSR count). The van der Waals surface area contributed by atoms with E-state index in [1.807, 2.05) is 0 Å². The fraction of sp³-hybridized carbons (Fsp3) is 0.0769. The van der Waals surface area contributed by atoms with Crippen LogP contribution in [-0.2, 0) is 6.18 Å². The first-order chi connectivity index (χ1) is 9.68. The van der Waals surface area contributed by atoms with Crippen LogP contribution in [0.1, 0.15) is 5.56 Å². The van der Waals surface area contributed by atoms with E-state index in [-0.39, 0.29) is 10.7 Å². The monoisotopic (exact) mass is 322 g/mol. The predicted molar refractivity (Wildman–Crippen MR) is 70.5 cm³/mol. The highest BCUT2D eigenvalue weighted by molar-refractivity contribution is 6.30. The van der Waals surface area contributed by atoms with E-state index in [9.17, 15) is 22.0 Å². The summed E-state index contributed by atoms with van der Waals surface area (Å²) in [7, 11) is 0. The summed E-state index contributed by atoms with van der Waals surface area (Å²) in [5.74, 6) is -2.04. The standard InChI is InChI=1S/C13H8ClF5N2/c14-6-1-2-10(8(3-6)13(17,18)19)21-11-5-7(15)4-9(16)12(11)20/h1-5,21H,20H2. The van der Waals surface area contributed by atoms with Gasteiger partial charge in [0.1, 0.15) is 5.82 Å². The lowest BCUT2D eigenvalue weighted by atomic mass is 10.1. The maximum absolute atomic E-state index is 13.3. The fourth-order valence-corrected chi connectivity index (χ4v) is 1.87. The van der Waals surface area contributed by atoms with Crippen molar-refractivity contribution in [1.82, 2.24) is 0 Å². The van der Waals surface area contributed by atoms with Gasteiger partial charge in [-0.3, -0.25) is 0 Å². The molecule has 0 saturated carbocycles. The van der Waals surface area contributed by atoms with Crippen LogP contribution in [0, 0.1) is 11.6 Å². The Morgan fingerprint density at radius 2 is 1.67 bits per heavy atom. The van der Waals surface area contributed by atoms with Crippen LogP contribution < -0.4 is 11.1 Å². The number of nitrogens with two attached hydrogens (primary N) is 1. The third-order valence-corrected chi connectivity index (χ3v) is 2.89. The van der Waals surface area contributed by atoms with Gasteiger partial charge in [-0.15, -0.1) is 0 Å². The molecule has 0 aromatic heterocycles. The number of nitrogen functional groups attached to an aromatic ring is 1. The Balaban J connectivity index is 2.50. The summed E-state index contributed by atoms with van der Waals surface area (Å²) in [5.41, 5.74) is 3.10. The molecular formula is C13H8ClF5N2. The number of hydrogen-bond donors (Lipinski definition) is 2. The summed E-state index contributed by atoms with van der Waals surface area (Å²) < 4.78 is 65.2. The van der Waals surface area contributed by atoms with Crippen molar-refractivity contribution in [2.24, 2.45) is 0 Å². The highest BCUT2D eigenvalue weighted by Gasteiger charge is 2.34. The molecule has 0 radical (unpaired) electrons. The van der Waals surface area contributed by atoms with Gasteiger partial charge in [-0.2, -0.15) is 13.2 Å². The molecule has 0 saturated heterocycles. The van der Waals surface area contributed by atoms with Gasteiger partial charge in [-0.25, -0.2) is 8.78 Å². The van der Waals surface area contributed by atoms with Gasteiger partial charge in [0.15, 0.2) is 5.82 Å². The first-order valence-corrected chi connectivity index (χ1v) is 5.94. The smallest absolute Gasteiger partial charge is 0.395 e. The summed E-state index contributed by atoms with van der Waals surface area (Å²) in [6, 6.07) is 4.30. The van der Waals surface area contributed by atoms with E-state index in [4.69, 9.17) is 17.3 Å². The van der Waals surface area contributed by atoms with E-state index in [0.29, 0.717) is 12.1 Å². The number of hydrogen-bond acceptors (Lipinski definition) is 2. The maximum Gasteiger partial charge on any atom is 0.418 e. The van der Waals surface area contributed by atoms with E-state index >= 15 is 0 Å². The molecule has 8 heteroatoms. The first kappa shape index (κ1) is 15.4. The zero-order valence-electron chi connectivity index (χ0n) is 10.2. The Kier molecular flexibility index (Phi) is 3.95. The number of alkyl halides is 3. The lowest BCUT2D eigenvalue weighted by Crippen LogP contribution is -2.10. The summed E-state index contributed by atoms with van der Waals surface area (Å²) in [6.07, 6.45) is -4.69. The van der Waals surface area contributed by atoms with E-state index in [2.05, 4.69) is 5.32 Å². The SMILES string of the molecule is Nc1c(F)cc(F)cc1Nc1ccc(Cl)cc1C(F)(F)F. The fourth-order valence-electron chi connectivity index (χ4n) is 1.69. The van der Waals surface area contributed by atoms with Crippen LogP contribution in [0.2, 0.25) is 5.02 Å². The molecule has 2 nitrogen and oxygen atoms in total. The summed E-state index contributed by atoms with van der Waals surface area (Å²) in [6.45, 7) is 0. The van der Waals surface area contributed by atoms with Crippen LogP contribution in [0.4, 0.5) is 39.0 Å². The van der Waals surface area contributed by atoms with Crippen LogP contribution in [0.25, 0.3) is 0 Å². The molecule has 3 N–H and O–H groups in total. The minimum Gasteiger partial charge on any atom is -0.395 e. The number of rotatable bonds is 2. The van der Waals surface area contributed by atoms with Crippen molar-refractivity contribution in [3.8, 4) is 0 Å². The molecule has 0 aliphatic carbocycles. The van der Waals surface area contributed by atoms with Gasteiger partial charge in [0.05, 0.1) is 22.6 Å². The topological polar surface area (TPSA) is 38.0 Å². The number of benzene rings is 2. The van der Waals surface area contributed by atoms with Crippen molar-refractivity contribution in [2.75, 3.05) is 11.1 Å². The second-order valence-electron chi connectivity index (χ2n) is 4.16. The molecule has 2 aromatic rings. The summed E-state index contributed by atoms with van der Waals surface area (Å²) in [4.78, 5) is 0. The van der Waals surface area contributed by atoms with E-state index < -0.39 is 34.7 Å². The molecule has 0 heterocycles. The van der Waals surface area contributed by atoms with Crippen molar-refractivity contribution < 1.29 is 22.0 Å². The molecule has 0 fully saturated rings. The lowest BCUT2D eigenvalue weighted by molar-refractivity contribution is -0.136. The average molecular weight is 323 g/mol. The zero-order chi connectivity index (χ0) is 15.8. The Hall–Kier alpha value is -2.02. The van der Waals surface area contributed by atoms with Crippen LogP contribution >= 0.6 is 11.6 Å². The minimum absolute atomic E-state index is 0.119. The number of halogens is 6. The van der Waals surface area contributed by atoms with Gasteiger partial charge in [-0.05, 0) is 24.3 Å². The Morgan fingerprint density at radius 3 is 2.29 bits per heavy atom. The normalized spacial score (nSPS) is 11.5. The van der Waals surface area contributed by atoms with Crippen molar-refractivity contribution in [3.63, 3.8) is 0 Å². The molecule has 0 unspecified atom stereocenters. The van der Waals surface area contributed by atoms with Crippen molar-refractivity contribution in [3.05, 3.63) is 52.6 Å². The molecule has 21 heavy (non-hydrogen) atoms. The Bertz CT molecular complexity index is 685. The maximum atomic E-state index is 13.3. The second kappa shape index (κ2) is 5.40. The van der Waals surface area contributed by atoms with Crippen molar-refractivity contribution in [2.45, 2.75) is 6.18 Å². The Morgan fingerprint density at radius 1 is 1.00 bits per heavy atom. The van der Waals surface area contributed by atoms with Crippen molar-refractivity contribution >= 4 is 28.7 Å². The number of nitrogens with one attached hydrogen (secondary N) is 1. The van der Waals surface area contributed by atoms with Gasteiger partial charge in [0, 0.05) is 11.1 Å². The van der Waals surface area contributed by atoms with E-state index in [1.165, 1.54) is 6.07 Å². The molecule has 0 amide bonds. The van der Waals surface area contributed by atoms with Gasteiger partial charge in [-0.1, -0.05) is 11.6 Å². The van der Waals surface area contributed by atoms with Crippen molar-refractivity contribution in [1.29, 1.82) is 0 Å².